The molecule has 3 rings (SSSR count). The van der Waals surface area contributed by atoms with Crippen LogP contribution in [0.25, 0.3) is 0 Å². The first kappa shape index (κ1) is 14.3. The van der Waals surface area contributed by atoms with Crippen LogP contribution < -0.4 is 10.6 Å². The summed E-state index contributed by atoms with van der Waals surface area (Å²) in [5, 5.41) is 0. The van der Waals surface area contributed by atoms with Gasteiger partial charge in [-0.2, -0.15) is 11.8 Å². The van der Waals surface area contributed by atoms with Crippen molar-refractivity contribution in [1.29, 1.82) is 0 Å². The number of hydrogen-bond acceptors (Lipinski definition) is 3. The first-order valence-corrected chi connectivity index (χ1v) is 8.41. The minimum absolute atomic E-state index is 0.195. The fourth-order valence-corrected chi connectivity index (χ4v) is 3.38. The van der Waals surface area contributed by atoms with Crippen LogP contribution in [0, 0.1) is 0 Å². The third-order valence-electron chi connectivity index (χ3n) is 3.83. The first-order valence-electron chi connectivity index (χ1n) is 7.26. The lowest BCUT2D eigenvalue weighted by Crippen LogP contribution is -2.43. The normalized spacial score (nSPS) is 19.6. The Morgan fingerprint density at radius 3 is 2.76 bits per heavy atom. The van der Waals surface area contributed by atoms with E-state index in [1.165, 1.54) is 0 Å². The van der Waals surface area contributed by atoms with Gasteiger partial charge in [0.25, 0.3) is 0 Å². The maximum absolute atomic E-state index is 11.5. The number of carbonyl (C=O) groups excluding carboxylic acids is 1. The third kappa shape index (κ3) is 3.32. The molecular formula is C15H20N4OS. The first-order chi connectivity index (χ1) is 10.2. The molecule has 0 bridgehead atoms. The van der Waals surface area contributed by atoms with E-state index in [-0.39, 0.29) is 5.91 Å². The summed E-state index contributed by atoms with van der Waals surface area (Å²) in [7, 11) is 0. The highest BCUT2D eigenvalue weighted by Crippen LogP contribution is 2.23. The van der Waals surface area contributed by atoms with Crippen LogP contribution in [0.2, 0.25) is 0 Å². The van der Waals surface area contributed by atoms with E-state index >= 15 is 0 Å². The monoisotopic (exact) mass is 304 g/mol. The van der Waals surface area contributed by atoms with E-state index in [2.05, 4.69) is 9.89 Å². The second-order valence-electron chi connectivity index (χ2n) is 5.24. The average Bonchev–Trinajstić information content (AvgIpc) is 2.52. The van der Waals surface area contributed by atoms with Crippen molar-refractivity contribution in [3.63, 3.8) is 0 Å². The SMILES string of the molecule is NC(=NCc1cccc(N2CCC2=O)c1)N1CCSCC1. The van der Waals surface area contributed by atoms with Crippen LogP contribution in [0.15, 0.2) is 29.3 Å². The van der Waals surface area contributed by atoms with Crippen LogP contribution in [0.1, 0.15) is 12.0 Å². The van der Waals surface area contributed by atoms with Crippen molar-refractivity contribution >= 4 is 29.3 Å². The summed E-state index contributed by atoms with van der Waals surface area (Å²) in [6.07, 6.45) is 0.655. The van der Waals surface area contributed by atoms with Gasteiger partial charge >= 0.3 is 0 Å². The number of aliphatic imine (C=N–C) groups is 1. The van der Waals surface area contributed by atoms with Gasteiger partial charge in [-0.05, 0) is 17.7 Å². The summed E-state index contributed by atoms with van der Waals surface area (Å²) in [5.41, 5.74) is 8.11. The molecule has 2 N–H and O–H groups in total. The predicted molar refractivity (Wildman–Crippen MR) is 87.6 cm³/mol. The van der Waals surface area contributed by atoms with Crippen LogP contribution in [-0.2, 0) is 11.3 Å². The summed E-state index contributed by atoms with van der Waals surface area (Å²) in [6, 6.07) is 7.99. The number of guanidine groups is 1. The van der Waals surface area contributed by atoms with Crippen LogP contribution in [0.3, 0.4) is 0 Å². The fraction of sp³-hybridized carbons (Fsp3) is 0.467. The Hall–Kier alpha value is -1.69. The fourth-order valence-electron chi connectivity index (χ4n) is 2.48. The van der Waals surface area contributed by atoms with E-state index < -0.39 is 0 Å². The molecule has 1 amide bonds. The Balaban J connectivity index is 1.64. The number of nitrogens with zero attached hydrogens (tertiary/aromatic N) is 3. The Kier molecular flexibility index (Phi) is 4.34. The second-order valence-corrected chi connectivity index (χ2v) is 6.46. The van der Waals surface area contributed by atoms with E-state index in [0.717, 1.165) is 42.4 Å². The van der Waals surface area contributed by atoms with E-state index in [9.17, 15) is 4.79 Å². The van der Waals surface area contributed by atoms with Crippen molar-refractivity contribution in [1.82, 2.24) is 4.90 Å². The van der Waals surface area contributed by atoms with Crippen molar-refractivity contribution < 1.29 is 4.79 Å². The van der Waals surface area contributed by atoms with Gasteiger partial charge in [-0.15, -0.1) is 0 Å². The molecule has 2 fully saturated rings. The van der Waals surface area contributed by atoms with Crippen molar-refractivity contribution in [2.24, 2.45) is 10.7 Å². The molecule has 0 atom stereocenters. The minimum Gasteiger partial charge on any atom is -0.370 e. The van der Waals surface area contributed by atoms with Gasteiger partial charge in [0.2, 0.25) is 5.91 Å². The molecule has 0 saturated carbocycles. The number of carbonyl (C=O) groups is 1. The summed E-state index contributed by atoms with van der Waals surface area (Å²) in [6.45, 7) is 3.33. The average molecular weight is 304 g/mol. The lowest BCUT2D eigenvalue weighted by Gasteiger charge is -2.31. The van der Waals surface area contributed by atoms with E-state index in [1.54, 1.807) is 4.90 Å². The van der Waals surface area contributed by atoms with E-state index in [4.69, 9.17) is 5.73 Å². The maximum Gasteiger partial charge on any atom is 0.228 e. The number of rotatable bonds is 3. The van der Waals surface area contributed by atoms with Gasteiger partial charge in [-0.3, -0.25) is 4.79 Å². The molecule has 0 radical (unpaired) electrons. The number of anilines is 1. The van der Waals surface area contributed by atoms with E-state index in [0.29, 0.717) is 18.9 Å². The number of β-lactam (4-membered cyclic amide) rings is 1. The molecule has 1 aromatic carbocycles. The van der Waals surface area contributed by atoms with Crippen LogP contribution in [0.5, 0.6) is 0 Å². The highest BCUT2D eigenvalue weighted by molar-refractivity contribution is 7.99. The number of nitrogens with two attached hydrogens (primary N) is 1. The summed E-state index contributed by atoms with van der Waals surface area (Å²) >= 11 is 1.96. The highest BCUT2D eigenvalue weighted by atomic mass is 32.2. The molecule has 0 aliphatic carbocycles. The molecule has 6 heteroatoms. The van der Waals surface area contributed by atoms with Crippen molar-refractivity contribution in [3.05, 3.63) is 29.8 Å². The minimum atomic E-state index is 0.195. The number of benzene rings is 1. The molecule has 0 aromatic heterocycles. The van der Waals surface area contributed by atoms with Gasteiger partial charge in [0.05, 0.1) is 6.54 Å². The van der Waals surface area contributed by atoms with Crippen LogP contribution >= 0.6 is 11.8 Å². The Morgan fingerprint density at radius 2 is 2.10 bits per heavy atom. The molecular weight excluding hydrogens is 284 g/mol. The zero-order valence-corrected chi connectivity index (χ0v) is 12.8. The van der Waals surface area contributed by atoms with Gasteiger partial charge in [-0.1, -0.05) is 12.1 Å². The smallest absolute Gasteiger partial charge is 0.228 e. The van der Waals surface area contributed by atoms with Gasteiger partial charge in [0.1, 0.15) is 0 Å². The topological polar surface area (TPSA) is 61.9 Å². The Bertz CT molecular complexity index is 554. The summed E-state index contributed by atoms with van der Waals surface area (Å²) in [5.74, 6) is 3.05. The van der Waals surface area contributed by atoms with Crippen molar-refractivity contribution in [3.8, 4) is 0 Å². The molecule has 21 heavy (non-hydrogen) atoms. The van der Waals surface area contributed by atoms with Crippen molar-refractivity contribution in [2.75, 3.05) is 36.0 Å². The summed E-state index contributed by atoms with van der Waals surface area (Å²) in [4.78, 5) is 19.9. The quantitative estimate of drug-likeness (QED) is 0.519. The zero-order valence-electron chi connectivity index (χ0n) is 12.0. The second kappa shape index (κ2) is 6.39. The van der Waals surface area contributed by atoms with Crippen LogP contribution in [0.4, 0.5) is 5.69 Å². The molecule has 112 valence electrons. The lowest BCUT2D eigenvalue weighted by atomic mass is 10.1. The molecule has 2 heterocycles. The zero-order chi connectivity index (χ0) is 14.7. The highest BCUT2D eigenvalue weighted by Gasteiger charge is 2.25. The molecule has 2 aliphatic rings. The van der Waals surface area contributed by atoms with E-state index in [1.807, 2.05) is 36.0 Å². The molecule has 1 aromatic rings. The summed E-state index contributed by atoms with van der Waals surface area (Å²) < 4.78 is 0. The lowest BCUT2D eigenvalue weighted by molar-refractivity contribution is -0.122. The largest absolute Gasteiger partial charge is 0.370 e. The molecule has 2 aliphatic heterocycles. The number of amides is 1. The van der Waals surface area contributed by atoms with Gasteiger partial charge < -0.3 is 15.5 Å². The van der Waals surface area contributed by atoms with Crippen molar-refractivity contribution in [2.45, 2.75) is 13.0 Å². The number of thioether (sulfide) groups is 1. The predicted octanol–water partition coefficient (Wildman–Crippen LogP) is 1.29. The third-order valence-corrected chi connectivity index (χ3v) is 4.77. The Morgan fingerprint density at radius 1 is 1.29 bits per heavy atom. The Labute approximate surface area is 129 Å². The maximum atomic E-state index is 11.5. The molecule has 0 unspecified atom stereocenters. The standard InChI is InChI=1S/C15H20N4OS/c16-15(18-6-8-21-9-7-18)17-11-12-2-1-3-13(10-12)19-5-4-14(19)20/h1-3,10H,4-9,11H2,(H2,16,17). The number of hydrogen-bond donors (Lipinski definition) is 1. The van der Waals surface area contributed by atoms with Gasteiger partial charge in [-0.25, -0.2) is 4.99 Å². The van der Waals surface area contributed by atoms with Gasteiger partial charge in [0, 0.05) is 43.2 Å². The van der Waals surface area contributed by atoms with Crippen LogP contribution in [-0.4, -0.2) is 47.9 Å². The molecule has 0 spiro atoms. The molecule has 2 saturated heterocycles. The van der Waals surface area contributed by atoms with Gasteiger partial charge in [0.15, 0.2) is 5.96 Å². The molecule has 5 nitrogen and oxygen atoms in total.